The first kappa shape index (κ1) is 15.8. The lowest BCUT2D eigenvalue weighted by Crippen LogP contribution is -2.32. The Morgan fingerprint density at radius 2 is 2.19 bits per heavy atom. The Kier molecular flexibility index (Phi) is 6.04. The van der Waals surface area contributed by atoms with Crippen LogP contribution in [0, 0.1) is 0 Å². The summed E-state index contributed by atoms with van der Waals surface area (Å²) in [5.41, 5.74) is 1.16. The predicted molar refractivity (Wildman–Crippen MR) is 82.7 cm³/mol. The van der Waals surface area contributed by atoms with E-state index in [2.05, 4.69) is 10.4 Å². The molecule has 1 aromatic carbocycles. The maximum atomic E-state index is 9.87. The van der Waals surface area contributed by atoms with E-state index >= 15 is 0 Å². The molecule has 21 heavy (non-hydrogen) atoms. The van der Waals surface area contributed by atoms with Crippen molar-refractivity contribution in [3.8, 4) is 5.75 Å². The first-order valence-electron chi connectivity index (χ1n) is 6.90. The number of aliphatic hydroxyl groups is 1. The van der Waals surface area contributed by atoms with E-state index < -0.39 is 6.10 Å². The molecule has 0 spiro atoms. The van der Waals surface area contributed by atoms with Gasteiger partial charge in [-0.05, 0) is 18.2 Å². The minimum absolute atomic E-state index is 0.211. The van der Waals surface area contributed by atoms with Gasteiger partial charge in [-0.2, -0.15) is 5.10 Å². The van der Waals surface area contributed by atoms with Gasteiger partial charge < -0.3 is 15.2 Å². The molecular formula is C15H20ClN3O2. The van der Waals surface area contributed by atoms with Crippen molar-refractivity contribution in [1.82, 2.24) is 15.1 Å². The second-order valence-corrected chi connectivity index (χ2v) is 5.20. The van der Waals surface area contributed by atoms with Crippen LogP contribution in [0.1, 0.15) is 5.69 Å². The fourth-order valence-corrected chi connectivity index (χ4v) is 2.13. The number of nitrogens with one attached hydrogen (secondary N) is 1. The van der Waals surface area contributed by atoms with Gasteiger partial charge in [-0.3, -0.25) is 4.68 Å². The van der Waals surface area contributed by atoms with Crippen molar-refractivity contribution in [2.45, 2.75) is 12.5 Å². The predicted octanol–water partition coefficient (Wildman–Crippen LogP) is 1.65. The molecule has 0 fully saturated rings. The lowest BCUT2D eigenvalue weighted by atomic mass is 10.3. The van der Waals surface area contributed by atoms with E-state index in [1.54, 1.807) is 18.3 Å². The number of nitrogens with zero attached hydrogens (tertiary/aromatic N) is 2. The number of aliphatic hydroxyl groups excluding tert-OH is 1. The number of benzene rings is 1. The van der Waals surface area contributed by atoms with Crippen molar-refractivity contribution in [3.63, 3.8) is 0 Å². The second kappa shape index (κ2) is 8.02. The van der Waals surface area contributed by atoms with Gasteiger partial charge >= 0.3 is 0 Å². The number of para-hydroxylation sites is 1. The molecule has 5 nitrogen and oxygen atoms in total. The highest BCUT2D eigenvalue weighted by Gasteiger charge is 2.07. The normalized spacial score (nSPS) is 12.3. The molecule has 2 rings (SSSR count). The van der Waals surface area contributed by atoms with Gasteiger partial charge in [-0.15, -0.1) is 0 Å². The summed E-state index contributed by atoms with van der Waals surface area (Å²) in [4.78, 5) is 0. The third-order valence-corrected chi connectivity index (χ3v) is 3.44. The van der Waals surface area contributed by atoms with E-state index in [0.29, 0.717) is 17.3 Å². The molecule has 0 saturated heterocycles. The number of aromatic nitrogens is 2. The Labute approximate surface area is 129 Å². The van der Waals surface area contributed by atoms with E-state index in [9.17, 15) is 5.11 Å². The summed E-state index contributed by atoms with van der Waals surface area (Å²) >= 11 is 5.98. The zero-order valence-corrected chi connectivity index (χ0v) is 12.8. The van der Waals surface area contributed by atoms with Crippen LogP contribution in [0.5, 0.6) is 5.75 Å². The van der Waals surface area contributed by atoms with Crippen LogP contribution in [0.4, 0.5) is 0 Å². The van der Waals surface area contributed by atoms with Crippen LogP contribution in [0.15, 0.2) is 36.5 Å². The molecule has 1 unspecified atom stereocenters. The largest absolute Gasteiger partial charge is 0.489 e. The van der Waals surface area contributed by atoms with Crippen molar-refractivity contribution in [3.05, 3.63) is 47.2 Å². The first-order chi connectivity index (χ1) is 10.2. The zero-order valence-electron chi connectivity index (χ0n) is 12.0. The fraction of sp³-hybridized carbons (Fsp3) is 0.400. The number of aryl methyl sites for hydroxylation is 1. The number of hydrogen-bond acceptors (Lipinski definition) is 4. The van der Waals surface area contributed by atoms with Gasteiger partial charge in [-0.1, -0.05) is 23.7 Å². The molecule has 0 saturated carbocycles. The highest BCUT2D eigenvalue weighted by atomic mass is 35.5. The molecule has 0 bridgehead atoms. The summed E-state index contributed by atoms with van der Waals surface area (Å²) in [5.74, 6) is 0.591. The van der Waals surface area contributed by atoms with E-state index in [4.69, 9.17) is 16.3 Å². The molecule has 0 radical (unpaired) electrons. The van der Waals surface area contributed by atoms with Crippen LogP contribution >= 0.6 is 11.6 Å². The molecule has 114 valence electrons. The van der Waals surface area contributed by atoms with Crippen LogP contribution in [0.3, 0.4) is 0 Å². The molecule has 2 aromatic rings. The van der Waals surface area contributed by atoms with Gasteiger partial charge in [-0.25, -0.2) is 0 Å². The van der Waals surface area contributed by atoms with Crippen molar-refractivity contribution in [2.24, 2.45) is 7.05 Å². The SMILES string of the molecule is Cn1nccc1CCNCC(O)COc1ccccc1Cl. The Morgan fingerprint density at radius 1 is 1.38 bits per heavy atom. The summed E-state index contributed by atoms with van der Waals surface area (Å²) in [6.07, 6.45) is 2.07. The standard InChI is InChI=1S/C15H20ClN3O2/c1-19-12(7-9-18-19)6-8-17-10-13(20)11-21-15-5-3-2-4-14(15)16/h2-5,7,9,13,17,20H,6,8,10-11H2,1H3. The topological polar surface area (TPSA) is 59.3 Å². The Morgan fingerprint density at radius 3 is 2.90 bits per heavy atom. The maximum absolute atomic E-state index is 9.87. The summed E-state index contributed by atoms with van der Waals surface area (Å²) < 4.78 is 7.33. The molecular weight excluding hydrogens is 290 g/mol. The summed E-state index contributed by atoms with van der Waals surface area (Å²) in [6, 6.07) is 9.21. The van der Waals surface area contributed by atoms with Gasteiger partial charge in [0, 0.05) is 38.4 Å². The molecule has 0 aliphatic heterocycles. The maximum Gasteiger partial charge on any atom is 0.138 e. The quantitative estimate of drug-likeness (QED) is 0.728. The Hall–Kier alpha value is -1.56. The highest BCUT2D eigenvalue weighted by Crippen LogP contribution is 2.22. The van der Waals surface area contributed by atoms with Crippen LogP contribution in [0.25, 0.3) is 0 Å². The average molecular weight is 310 g/mol. The van der Waals surface area contributed by atoms with Crippen LogP contribution < -0.4 is 10.1 Å². The van der Waals surface area contributed by atoms with Gasteiger partial charge in [0.05, 0.1) is 5.02 Å². The van der Waals surface area contributed by atoms with Crippen LogP contribution in [0.2, 0.25) is 5.02 Å². The van der Waals surface area contributed by atoms with Gasteiger partial charge in [0.1, 0.15) is 18.5 Å². The van der Waals surface area contributed by atoms with Crippen molar-refractivity contribution in [1.29, 1.82) is 0 Å². The fourth-order valence-electron chi connectivity index (χ4n) is 1.94. The molecule has 2 N–H and O–H groups in total. The highest BCUT2D eigenvalue weighted by molar-refractivity contribution is 6.32. The van der Waals surface area contributed by atoms with E-state index in [-0.39, 0.29) is 6.61 Å². The molecule has 0 aliphatic rings. The number of halogens is 1. The molecule has 0 aliphatic carbocycles. The molecule has 6 heteroatoms. The van der Waals surface area contributed by atoms with Crippen molar-refractivity contribution >= 4 is 11.6 Å². The summed E-state index contributed by atoms with van der Waals surface area (Å²) in [5, 5.41) is 17.7. The van der Waals surface area contributed by atoms with Crippen molar-refractivity contribution < 1.29 is 9.84 Å². The third-order valence-electron chi connectivity index (χ3n) is 3.13. The van der Waals surface area contributed by atoms with Crippen molar-refractivity contribution in [2.75, 3.05) is 19.7 Å². The van der Waals surface area contributed by atoms with Crippen LogP contribution in [-0.4, -0.2) is 40.7 Å². The molecule has 1 atom stereocenters. The summed E-state index contributed by atoms with van der Waals surface area (Å²) in [7, 11) is 1.92. The zero-order chi connectivity index (χ0) is 15.1. The van der Waals surface area contributed by atoms with E-state index in [1.165, 1.54) is 0 Å². The van der Waals surface area contributed by atoms with Gasteiger partial charge in [0.25, 0.3) is 0 Å². The Balaban J connectivity index is 1.63. The first-order valence-corrected chi connectivity index (χ1v) is 7.27. The molecule has 0 amide bonds. The molecule has 1 heterocycles. The minimum atomic E-state index is -0.576. The molecule has 1 aromatic heterocycles. The van der Waals surface area contributed by atoms with Gasteiger partial charge in [0.15, 0.2) is 0 Å². The monoisotopic (exact) mass is 309 g/mol. The average Bonchev–Trinajstić information content (AvgIpc) is 2.88. The number of hydrogen-bond donors (Lipinski definition) is 2. The number of rotatable bonds is 8. The smallest absolute Gasteiger partial charge is 0.138 e. The summed E-state index contributed by atoms with van der Waals surface area (Å²) in [6.45, 7) is 1.47. The Bertz CT molecular complexity index is 559. The van der Waals surface area contributed by atoms with E-state index in [0.717, 1.165) is 18.7 Å². The second-order valence-electron chi connectivity index (χ2n) is 4.80. The minimum Gasteiger partial charge on any atom is -0.489 e. The lowest BCUT2D eigenvalue weighted by Gasteiger charge is -2.14. The third kappa shape index (κ3) is 5.04. The lowest BCUT2D eigenvalue weighted by molar-refractivity contribution is 0.106. The van der Waals surface area contributed by atoms with Crippen LogP contribution in [-0.2, 0) is 13.5 Å². The van der Waals surface area contributed by atoms with E-state index in [1.807, 2.05) is 29.9 Å². The van der Waals surface area contributed by atoms with Gasteiger partial charge in [0.2, 0.25) is 0 Å². The number of ether oxygens (including phenoxy) is 1.